The lowest BCUT2D eigenvalue weighted by Gasteiger charge is -2.30. The Kier molecular flexibility index (Phi) is 5.61. The summed E-state index contributed by atoms with van der Waals surface area (Å²) in [6.07, 6.45) is 21.0. The number of thioether (sulfide) groups is 1. The third kappa shape index (κ3) is 3.96. The zero-order valence-electron chi connectivity index (χ0n) is 15.2. The van der Waals surface area contributed by atoms with Crippen LogP contribution in [0.3, 0.4) is 0 Å². The van der Waals surface area contributed by atoms with E-state index >= 15 is 0 Å². The summed E-state index contributed by atoms with van der Waals surface area (Å²) in [5.41, 5.74) is 2.57. The molecule has 0 saturated carbocycles. The minimum absolute atomic E-state index is 0.0646. The summed E-state index contributed by atoms with van der Waals surface area (Å²) in [7, 11) is 0. The second-order valence-corrected chi connectivity index (χ2v) is 10.1. The molecule has 26 heavy (non-hydrogen) atoms. The van der Waals surface area contributed by atoms with Gasteiger partial charge in [-0.3, -0.25) is 4.79 Å². The summed E-state index contributed by atoms with van der Waals surface area (Å²) >= 11 is 5.61. The predicted octanol–water partition coefficient (Wildman–Crippen LogP) is 5.65. The van der Waals surface area contributed by atoms with Crippen molar-refractivity contribution in [2.24, 2.45) is 17.8 Å². The Morgan fingerprint density at radius 2 is 2.19 bits per heavy atom. The van der Waals surface area contributed by atoms with Gasteiger partial charge < -0.3 is 5.32 Å². The smallest absolute Gasteiger partial charge is 0.231 e. The van der Waals surface area contributed by atoms with Gasteiger partial charge in [-0.1, -0.05) is 64.0 Å². The highest BCUT2D eigenvalue weighted by Crippen LogP contribution is 2.48. The molecule has 4 heteroatoms. The van der Waals surface area contributed by atoms with Gasteiger partial charge in [0.25, 0.3) is 0 Å². The number of fused-ring (bicyclic) bond motifs is 1. The summed E-state index contributed by atoms with van der Waals surface area (Å²) in [6.45, 7) is 2.19. The van der Waals surface area contributed by atoms with Gasteiger partial charge in [0, 0.05) is 26.6 Å². The first-order valence-electron chi connectivity index (χ1n) is 9.67. The summed E-state index contributed by atoms with van der Waals surface area (Å²) in [5, 5.41) is 4.53. The predicted molar refractivity (Wildman–Crippen MR) is 114 cm³/mol. The third-order valence-electron chi connectivity index (χ3n) is 5.86. The number of nitrogens with one attached hydrogen (secondary N) is 1. The van der Waals surface area contributed by atoms with Crippen LogP contribution in [-0.2, 0) is 4.79 Å². The molecule has 4 rings (SSSR count). The number of carbonyl (C=O) groups is 1. The van der Waals surface area contributed by atoms with Gasteiger partial charge in [0.05, 0.1) is 5.92 Å². The van der Waals surface area contributed by atoms with Gasteiger partial charge in [0.15, 0.2) is 0 Å². The number of hydrogen-bond donors (Lipinski definition) is 1. The Labute approximate surface area is 169 Å². The summed E-state index contributed by atoms with van der Waals surface area (Å²) in [4.78, 5) is 12.8. The molecule has 0 spiro atoms. The van der Waals surface area contributed by atoms with Crippen LogP contribution in [-0.4, -0.2) is 16.4 Å². The van der Waals surface area contributed by atoms with Gasteiger partial charge in [0.2, 0.25) is 5.91 Å². The molecule has 1 saturated heterocycles. The van der Waals surface area contributed by atoms with Crippen LogP contribution in [0.1, 0.15) is 39.0 Å². The first-order valence-corrected chi connectivity index (χ1v) is 11.4. The number of rotatable bonds is 3. The van der Waals surface area contributed by atoms with Gasteiger partial charge in [-0.2, -0.15) is 0 Å². The van der Waals surface area contributed by atoms with Crippen molar-refractivity contribution in [1.82, 2.24) is 5.32 Å². The molecule has 5 atom stereocenters. The summed E-state index contributed by atoms with van der Waals surface area (Å²) in [5.74, 6) is 1.22. The van der Waals surface area contributed by atoms with Gasteiger partial charge in [0.1, 0.15) is 0 Å². The van der Waals surface area contributed by atoms with Crippen LogP contribution in [0, 0.1) is 17.8 Å². The van der Waals surface area contributed by atoms with E-state index in [4.69, 9.17) is 0 Å². The topological polar surface area (TPSA) is 29.1 Å². The van der Waals surface area contributed by atoms with Crippen molar-refractivity contribution in [3.05, 3.63) is 58.3 Å². The fourth-order valence-corrected chi connectivity index (χ4v) is 6.87. The van der Waals surface area contributed by atoms with Crippen LogP contribution in [0.5, 0.6) is 0 Å². The van der Waals surface area contributed by atoms with Crippen LogP contribution in [0.4, 0.5) is 0 Å². The standard InChI is InChI=1S/C22H26BrNOS/c1-14-9-10-15-13-21(26-20(15)11-14)18-7-2-3-8-19(18)24-22(25)16-5-4-6-17(23)12-16/h4,6,8-12,15-16,18,20-21H,2-3,5,7,13H2,1H3,(H,24,25). The third-order valence-corrected chi connectivity index (χ3v) is 8.05. The average Bonchev–Trinajstić information content (AvgIpc) is 3.05. The van der Waals surface area contributed by atoms with Gasteiger partial charge in [-0.15, -0.1) is 11.8 Å². The lowest BCUT2D eigenvalue weighted by atomic mass is 9.83. The number of allylic oxidation sites excluding steroid dienone is 8. The van der Waals surface area contributed by atoms with E-state index in [9.17, 15) is 4.79 Å². The maximum atomic E-state index is 12.8. The van der Waals surface area contributed by atoms with Crippen LogP contribution in [0.15, 0.2) is 58.3 Å². The highest BCUT2D eigenvalue weighted by Gasteiger charge is 2.39. The van der Waals surface area contributed by atoms with Crippen LogP contribution in [0.2, 0.25) is 0 Å². The van der Waals surface area contributed by atoms with Crippen molar-refractivity contribution in [2.75, 3.05) is 0 Å². The van der Waals surface area contributed by atoms with Gasteiger partial charge in [-0.05, 0) is 44.9 Å². The fraction of sp³-hybridized carbons (Fsp3) is 0.500. The Morgan fingerprint density at radius 1 is 1.31 bits per heavy atom. The lowest BCUT2D eigenvalue weighted by Crippen LogP contribution is -2.36. The highest BCUT2D eigenvalue weighted by atomic mass is 79.9. The average molecular weight is 432 g/mol. The molecular weight excluding hydrogens is 406 g/mol. The van der Waals surface area contributed by atoms with E-state index in [0.29, 0.717) is 22.3 Å². The maximum absolute atomic E-state index is 12.8. The molecule has 138 valence electrons. The van der Waals surface area contributed by atoms with E-state index in [-0.39, 0.29) is 11.8 Å². The van der Waals surface area contributed by atoms with Crippen molar-refractivity contribution in [2.45, 2.75) is 49.5 Å². The Morgan fingerprint density at radius 3 is 3.04 bits per heavy atom. The molecule has 1 aliphatic heterocycles. The van der Waals surface area contributed by atoms with Crippen molar-refractivity contribution in [3.63, 3.8) is 0 Å². The largest absolute Gasteiger partial charge is 0.329 e. The summed E-state index contributed by atoms with van der Waals surface area (Å²) < 4.78 is 1.00. The monoisotopic (exact) mass is 431 g/mol. The van der Waals surface area contributed by atoms with Crippen molar-refractivity contribution in [1.29, 1.82) is 0 Å². The summed E-state index contributed by atoms with van der Waals surface area (Å²) in [6, 6.07) is 0. The molecular formula is C22H26BrNOS. The van der Waals surface area contributed by atoms with Crippen molar-refractivity contribution >= 4 is 33.6 Å². The van der Waals surface area contributed by atoms with E-state index < -0.39 is 0 Å². The molecule has 2 nitrogen and oxygen atoms in total. The maximum Gasteiger partial charge on any atom is 0.231 e. The first kappa shape index (κ1) is 18.4. The molecule has 0 radical (unpaired) electrons. The van der Waals surface area contributed by atoms with Crippen LogP contribution in [0.25, 0.3) is 0 Å². The highest BCUT2D eigenvalue weighted by molar-refractivity contribution is 9.11. The van der Waals surface area contributed by atoms with Crippen LogP contribution < -0.4 is 5.32 Å². The van der Waals surface area contributed by atoms with Gasteiger partial charge in [-0.25, -0.2) is 0 Å². The minimum atomic E-state index is -0.0646. The van der Waals surface area contributed by atoms with Crippen molar-refractivity contribution in [3.8, 4) is 0 Å². The fourth-order valence-electron chi connectivity index (χ4n) is 4.45. The number of amides is 1. The zero-order valence-corrected chi connectivity index (χ0v) is 17.6. The molecule has 1 fully saturated rings. The minimum Gasteiger partial charge on any atom is -0.329 e. The SMILES string of the molecule is CC1=CC2SC(C3CCCC=C3NC(=O)C3C=C(Br)C=CC3)CC2C=C1. The molecule has 1 N–H and O–H groups in total. The zero-order chi connectivity index (χ0) is 18.1. The van der Waals surface area contributed by atoms with E-state index in [1.165, 1.54) is 30.5 Å². The van der Waals surface area contributed by atoms with E-state index in [1.807, 2.05) is 12.2 Å². The Hall–Kier alpha value is -1.00. The number of halogens is 1. The first-order chi connectivity index (χ1) is 12.6. The molecule has 1 amide bonds. The van der Waals surface area contributed by atoms with Crippen molar-refractivity contribution < 1.29 is 4.79 Å². The second kappa shape index (κ2) is 7.93. The van der Waals surface area contributed by atoms with Gasteiger partial charge >= 0.3 is 0 Å². The Balaban J connectivity index is 1.44. The van der Waals surface area contributed by atoms with E-state index in [1.54, 1.807) is 0 Å². The molecule has 0 aromatic heterocycles. The molecule has 0 aromatic carbocycles. The lowest BCUT2D eigenvalue weighted by molar-refractivity contribution is -0.123. The molecule has 5 unspecified atom stereocenters. The quantitative estimate of drug-likeness (QED) is 0.625. The second-order valence-electron chi connectivity index (χ2n) is 7.79. The Bertz CT molecular complexity index is 732. The molecule has 0 bridgehead atoms. The van der Waals surface area contributed by atoms with Crippen LogP contribution >= 0.6 is 27.7 Å². The molecule has 0 aromatic rings. The van der Waals surface area contributed by atoms with E-state index in [0.717, 1.165) is 17.3 Å². The molecule has 3 aliphatic carbocycles. The normalized spacial score (nSPS) is 36.1. The van der Waals surface area contributed by atoms with E-state index in [2.05, 4.69) is 70.3 Å². The number of hydrogen-bond acceptors (Lipinski definition) is 2. The molecule has 1 heterocycles. The molecule has 4 aliphatic rings. The number of carbonyl (C=O) groups excluding carboxylic acids is 1.